The van der Waals surface area contributed by atoms with Gasteiger partial charge in [-0.2, -0.15) is 0 Å². The number of hydrogen-bond donors (Lipinski definition) is 0. The van der Waals surface area contributed by atoms with Crippen molar-refractivity contribution in [1.29, 1.82) is 0 Å². The summed E-state index contributed by atoms with van der Waals surface area (Å²) in [5.74, 6) is 1.04. The number of rotatable bonds is 5. The van der Waals surface area contributed by atoms with E-state index in [2.05, 4.69) is 34.6 Å². The molecule has 0 spiro atoms. The standard InChI is InChI=1S/C16H24O2/c1-6-16(12(2)3,13(4)5)15(17)18-14-10-8-7-9-11-14/h7-13H,6H2,1-5H3. The summed E-state index contributed by atoms with van der Waals surface area (Å²) in [4.78, 5) is 12.5. The van der Waals surface area contributed by atoms with E-state index >= 15 is 0 Å². The average molecular weight is 248 g/mol. The molecule has 1 aromatic carbocycles. The summed E-state index contributed by atoms with van der Waals surface area (Å²) in [6, 6.07) is 9.30. The van der Waals surface area contributed by atoms with Gasteiger partial charge in [-0.3, -0.25) is 4.79 Å². The summed E-state index contributed by atoms with van der Waals surface area (Å²) in [6.45, 7) is 10.4. The summed E-state index contributed by atoms with van der Waals surface area (Å²) in [5, 5.41) is 0. The molecule has 2 heteroatoms. The predicted molar refractivity (Wildman–Crippen MR) is 74.5 cm³/mol. The highest BCUT2D eigenvalue weighted by molar-refractivity contribution is 5.79. The lowest BCUT2D eigenvalue weighted by molar-refractivity contribution is -0.152. The summed E-state index contributed by atoms with van der Waals surface area (Å²) >= 11 is 0. The van der Waals surface area contributed by atoms with Gasteiger partial charge in [0.25, 0.3) is 0 Å². The van der Waals surface area contributed by atoms with E-state index in [1.165, 1.54) is 0 Å². The van der Waals surface area contributed by atoms with Crippen molar-refractivity contribution < 1.29 is 9.53 Å². The van der Waals surface area contributed by atoms with Gasteiger partial charge in [0.15, 0.2) is 0 Å². The van der Waals surface area contributed by atoms with Gasteiger partial charge in [0.2, 0.25) is 0 Å². The fraction of sp³-hybridized carbons (Fsp3) is 0.562. The van der Waals surface area contributed by atoms with Crippen LogP contribution in [0.5, 0.6) is 5.75 Å². The minimum absolute atomic E-state index is 0.110. The first-order chi connectivity index (χ1) is 8.45. The highest BCUT2D eigenvalue weighted by Crippen LogP contribution is 2.40. The van der Waals surface area contributed by atoms with Crippen LogP contribution in [-0.4, -0.2) is 5.97 Å². The molecule has 0 aliphatic heterocycles. The molecule has 100 valence electrons. The molecular weight excluding hydrogens is 224 g/mol. The van der Waals surface area contributed by atoms with Crippen molar-refractivity contribution in [2.24, 2.45) is 17.3 Å². The fourth-order valence-electron chi connectivity index (χ4n) is 2.79. The highest BCUT2D eigenvalue weighted by Gasteiger charge is 2.44. The van der Waals surface area contributed by atoms with Gasteiger partial charge in [-0.1, -0.05) is 52.8 Å². The molecule has 0 amide bonds. The molecule has 0 saturated heterocycles. The SMILES string of the molecule is CCC(C(=O)Oc1ccccc1)(C(C)C)C(C)C. The Labute approximate surface area is 110 Å². The minimum atomic E-state index is -0.407. The Bertz CT molecular complexity index is 371. The number of carbonyl (C=O) groups excluding carboxylic acids is 1. The molecule has 2 nitrogen and oxygen atoms in total. The van der Waals surface area contributed by atoms with E-state index in [-0.39, 0.29) is 17.8 Å². The van der Waals surface area contributed by atoms with E-state index in [0.29, 0.717) is 5.75 Å². The van der Waals surface area contributed by atoms with Crippen molar-refractivity contribution in [3.8, 4) is 5.75 Å². The van der Waals surface area contributed by atoms with Crippen LogP contribution in [0.25, 0.3) is 0 Å². The van der Waals surface area contributed by atoms with Crippen LogP contribution in [0.3, 0.4) is 0 Å². The smallest absolute Gasteiger partial charge is 0.317 e. The lowest BCUT2D eigenvalue weighted by Gasteiger charge is -2.37. The monoisotopic (exact) mass is 248 g/mol. The molecular formula is C16H24O2. The maximum absolute atomic E-state index is 12.5. The van der Waals surface area contributed by atoms with Crippen molar-refractivity contribution in [2.75, 3.05) is 0 Å². The van der Waals surface area contributed by atoms with Crippen LogP contribution in [0.2, 0.25) is 0 Å². The summed E-state index contributed by atoms with van der Waals surface area (Å²) in [5.41, 5.74) is -0.407. The van der Waals surface area contributed by atoms with Crippen LogP contribution in [0.1, 0.15) is 41.0 Å². The summed E-state index contributed by atoms with van der Waals surface area (Å²) in [6.07, 6.45) is 0.800. The molecule has 0 atom stereocenters. The van der Waals surface area contributed by atoms with Gasteiger partial charge in [0.05, 0.1) is 5.41 Å². The first-order valence-corrected chi connectivity index (χ1v) is 6.72. The Morgan fingerprint density at radius 1 is 1.11 bits per heavy atom. The molecule has 0 aliphatic rings. The first kappa shape index (κ1) is 14.7. The second kappa shape index (κ2) is 6.03. The zero-order valence-electron chi connectivity index (χ0n) is 12.1. The third-order valence-corrected chi connectivity index (χ3v) is 3.98. The van der Waals surface area contributed by atoms with Gasteiger partial charge in [-0.15, -0.1) is 0 Å². The van der Waals surface area contributed by atoms with Crippen molar-refractivity contribution >= 4 is 5.97 Å². The van der Waals surface area contributed by atoms with E-state index in [4.69, 9.17) is 4.74 Å². The number of hydrogen-bond acceptors (Lipinski definition) is 2. The third-order valence-electron chi connectivity index (χ3n) is 3.98. The molecule has 0 fully saturated rings. The lowest BCUT2D eigenvalue weighted by Crippen LogP contribution is -2.43. The van der Waals surface area contributed by atoms with Crippen LogP contribution in [0.15, 0.2) is 30.3 Å². The summed E-state index contributed by atoms with van der Waals surface area (Å²) in [7, 11) is 0. The molecule has 0 aromatic heterocycles. The van der Waals surface area contributed by atoms with Crippen molar-refractivity contribution in [3.63, 3.8) is 0 Å². The number of carbonyl (C=O) groups is 1. The van der Waals surface area contributed by atoms with E-state index < -0.39 is 5.41 Å². The third kappa shape index (κ3) is 2.74. The van der Waals surface area contributed by atoms with Gasteiger partial charge >= 0.3 is 5.97 Å². The van der Waals surface area contributed by atoms with Crippen molar-refractivity contribution in [1.82, 2.24) is 0 Å². The first-order valence-electron chi connectivity index (χ1n) is 6.72. The second-order valence-electron chi connectivity index (χ2n) is 5.41. The maximum Gasteiger partial charge on any atom is 0.317 e. The topological polar surface area (TPSA) is 26.3 Å². The number of para-hydroxylation sites is 1. The zero-order valence-corrected chi connectivity index (χ0v) is 12.1. The largest absolute Gasteiger partial charge is 0.426 e. The van der Waals surface area contributed by atoms with Crippen LogP contribution < -0.4 is 4.74 Å². The Kier molecular flexibility index (Phi) is 4.94. The van der Waals surface area contributed by atoms with Gasteiger partial charge in [0, 0.05) is 0 Å². The molecule has 0 aliphatic carbocycles. The van der Waals surface area contributed by atoms with Gasteiger partial charge in [0.1, 0.15) is 5.75 Å². The van der Waals surface area contributed by atoms with Crippen LogP contribution in [-0.2, 0) is 4.79 Å². The van der Waals surface area contributed by atoms with Gasteiger partial charge in [-0.25, -0.2) is 0 Å². The number of ether oxygens (including phenoxy) is 1. The highest BCUT2D eigenvalue weighted by atomic mass is 16.5. The Balaban J connectivity index is 2.97. The molecule has 0 N–H and O–H groups in total. The molecule has 0 radical (unpaired) electrons. The molecule has 1 aromatic rings. The van der Waals surface area contributed by atoms with Crippen LogP contribution >= 0.6 is 0 Å². The molecule has 1 rings (SSSR count). The quantitative estimate of drug-likeness (QED) is 0.573. The molecule has 0 heterocycles. The Hall–Kier alpha value is -1.31. The fourth-order valence-corrected chi connectivity index (χ4v) is 2.79. The van der Waals surface area contributed by atoms with Crippen LogP contribution in [0, 0.1) is 17.3 Å². The predicted octanol–water partition coefficient (Wildman–Crippen LogP) is 4.30. The molecule has 18 heavy (non-hydrogen) atoms. The lowest BCUT2D eigenvalue weighted by atomic mass is 9.67. The molecule has 0 unspecified atom stereocenters. The second-order valence-corrected chi connectivity index (χ2v) is 5.41. The molecule has 0 bridgehead atoms. The van der Waals surface area contributed by atoms with Gasteiger partial charge < -0.3 is 4.74 Å². The Morgan fingerprint density at radius 3 is 2.00 bits per heavy atom. The van der Waals surface area contributed by atoms with Crippen molar-refractivity contribution in [2.45, 2.75) is 41.0 Å². The zero-order chi connectivity index (χ0) is 13.8. The van der Waals surface area contributed by atoms with E-state index in [0.717, 1.165) is 6.42 Å². The van der Waals surface area contributed by atoms with Gasteiger partial charge in [-0.05, 0) is 30.4 Å². The van der Waals surface area contributed by atoms with Crippen molar-refractivity contribution in [3.05, 3.63) is 30.3 Å². The van der Waals surface area contributed by atoms with Crippen LogP contribution in [0.4, 0.5) is 0 Å². The minimum Gasteiger partial charge on any atom is -0.426 e. The van der Waals surface area contributed by atoms with E-state index in [9.17, 15) is 4.79 Å². The Morgan fingerprint density at radius 2 is 1.61 bits per heavy atom. The number of benzene rings is 1. The molecule has 0 saturated carbocycles. The normalized spacial score (nSPS) is 11.9. The maximum atomic E-state index is 12.5. The van der Waals surface area contributed by atoms with E-state index in [1.807, 2.05) is 30.3 Å². The summed E-state index contributed by atoms with van der Waals surface area (Å²) < 4.78 is 5.55. The average Bonchev–Trinajstić information content (AvgIpc) is 2.30. The van der Waals surface area contributed by atoms with E-state index in [1.54, 1.807) is 0 Å². The number of esters is 1.